The van der Waals surface area contributed by atoms with E-state index in [9.17, 15) is 23.2 Å². The van der Waals surface area contributed by atoms with E-state index in [1.165, 1.54) is 102 Å². The fourth-order valence-corrected chi connectivity index (χ4v) is 13.8. The van der Waals surface area contributed by atoms with Crippen LogP contribution >= 0.6 is 69.9 Å². The van der Waals surface area contributed by atoms with Crippen molar-refractivity contribution in [2.45, 2.75) is 76.3 Å². The molecule has 462 valence electrons. The zero-order chi connectivity index (χ0) is 62.6. The molecule has 0 bridgehead atoms. The van der Waals surface area contributed by atoms with Crippen LogP contribution in [0.25, 0.3) is 18.2 Å². The molecule has 87 heavy (non-hydrogen) atoms. The molecule has 3 N–H and O–H groups in total. The standard InChI is InChI=1S/C23H26Cl2N2O2.C23H26Cl2N2OS.C23H26F2N2OS/c2*1-27(2,20-11-13-29-14-12-20)16-18-3-7-19(8-4-18)26-23(28)10-6-17-5-9-21(24)22(25)15-17;1-27(2,22-9-11-29-12-10-22)16-17-3-6-21(7-4-17)26-23(28)8-5-18-13-19(24)15-20(25)14-18/h2*3-10,15,20H,11-14,16H2,1-2H3;3-8,13-15,22H,9-12,16H2,1-2H3/p+3/b2*10-6+;8-5+. The largest absolute Gasteiger partial charge is 0.381 e. The number of nitrogens with one attached hydrogen (secondary N) is 3. The molecule has 3 saturated heterocycles. The highest BCUT2D eigenvalue weighted by molar-refractivity contribution is 7.99. The number of anilines is 3. The summed E-state index contributed by atoms with van der Waals surface area (Å²) in [7, 11) is 13.8. The average molecular weight is 1300 g/mol. The Labute approximate surface area is 542 Å². The summed E-state index contributed by atoms with van der Waals surface area (Å²) >= 11 is 27.9. The fraction of sp³-hybridized carbons (Fsp3) is 0.348. The van der Waals surface area contributed by atoms with Gasteiger partial charge in [-0.3, -0.25) is 14.4 Å². The predicted molar refractivity (Wildman–Crippen MR) is 364 cm³/mol. The number of hydrogen-bond donors (Lipinski definition) is 3. The lowest BCUT2D eigenvalue weighted by atomic mass is 10.0. The number of ether oxygens (including phenoxy) is 1. The van der Waals surface area contributed by atoms with Gasteiger partial charge in [-0.05, 0) is 131 Å². The third kappa shape index (κ3) is 23.1. The molecule has 3 fully saturated rings. The van der Waals surface area contributed by atoms with Crippen LogP contribution in [0.4, 0.5) is 25.8 Å². The van der Waals surface area contributed by atoms with E-state index < -0.39 is 11.6 Å². The van der Waals surface area contributed by atoms with Gasteiger partial charge in [-0.15, -0.1) is 0 Å². The van der Waals surface area contributed by atoms with E-state index in [-0.39, 0.29) is 17.7 Å². The third-order valence-electron chi connectivity index (χ3n) is 16.0. The van der Waals surface area contributed by atoms with Crippen LogP contribution in [0, 0.1) is 11.6 Å². The molecule has 3 aliphatic heterocycles. The summed E-state index contributed by atoms with van der Waals surface area (Å²) in [5, 5.41) is 10.5. The lowest BCUT2D eigenvalue weighted by Gasteiger charge is -2.40. The quantitative estimate of drug-likeness (QED) is 0.0586. The first-order chi connectivity index (χ1) is 41.5. The van der Waals surface area contributed by atoms with Gasteiger partial charge < -0.3 is 34.1 Å². The van der Waals surface area contributed by atoms with Crippen molar-refractivity contribution in [2.75, 3.05) is 94.5 Å². The normalized spacial score (nSPS) is 15.6. The number of quaternary nitrogens is 3. The highest BCUT2D eigenvalue weighted by Crippen LogP contribution is 2.30. The number of nitrogens with zero attached hydrogens (tertiary/aromatic N) is 3. The summed E-state index contributed by atoms with van der Waals surface area (Å²) in [6, 6.07) is 39.8. The van der Waals surface area contributed by atoms with Crippen LogP contribution in [0.5, 0.6) is 0 Å². The molecule has 0 unspecified atom stereocenters. The Morgan fingerprint density at radius 2 is 0.747 bits per heavy atom. The minimum Gasteiger partial charge on any atom is -0.381 e. The van der Waals surface area contributed by atoms with Gasteiger partial charge in [0.1, 0.15) is 31.3 Å². The monoisotopic (exact) mass is 1300 g/mol. The molecular formula is C69H81Cl4F2N6O4S2+3. The van der Waals surface area contributed by atoms with Crippen LogP contribution in [-0.4, -0.2) is 128 Å². The fourth-order valence-electron chi connectivity index (χ4n) is 11.0. The Hall–Kier alpha value is -5.49. The Morgan fingerprint density at radius 3 is 1.07 bits per heavy atom. The molecule has 0 saturated carbocycles. The number of benzene rings is 6. The number of rotatable bonds is 18. The van der Waals surface area contributed by atoms with Crippen molar-refractivity contribution in [1.29, 1.82) is 0 Å². The van der Waals surface area contributed by atoms with Crippen molar-refractivity contribution in [1.82, 2.24) is 0 Å². The van der Waals surface area contributed by atoms with Gasteiger partial charge in [0.2, 0.25) is 17.7 Å². The summed E-state index contributed by atoms with van der Waals surface area (Å²) in [4.78, 5) is 36.5. The Balaban J connectivity index is 0.000000186. The first-order valence-corrected chi connectivity index (χ1v) is 33.1. The van der Waals surface area contributed by atoms with Crippen molar-refractivity contribution < 1.29 is 41.4 Å². The van der Waals surface area contributed by atoms with E-state index in [2.05, 4.69) is 94.3 Å². The Morgan fingerprint density at radius 1 is 0.437 bits per heavy atom. The summed E-state index contributed by atoms with van der Waals surface area (Å²) < 4.78 is 34.8. The number of thioether (sulfide) groups is 2. The van der Waals surface area contributed by atoms with Crippen LogP contribution in [-0.2, 0) is 38.8 Å². The van der Waals surface area contributed by atoms with Gasteiger partial charge in [0, 0.05) is 96.6 Å². The molecule has 0 aromatic heterocycles. The molecular weight excluding hydrogens is 1220 g/mol. The summed E-state index contributed by atoms with van der Waals surface area (Å²) in [6.07, 6.45) is 16.4. The molecule has 0 aliphatic carbocycles. The van der Waals surface area contributed by atoms with E-state index in [1.54, 1.807) is 36.4 Å². The molecule has 9 rings (SSSR count). The molecule has 18 heteroatoms. The molecule has 3 aliphatic rings. The Kier molecular flexibility index (Phi) is 26.5. The molecule has 3 amide bonds. The number of hydrogen-bond acceptors (Lipinski definition) is 6. The molecule has 0 atom stereocenters. The van der Waals surface area contributed by atoms with Crippen LogP contribution in [0.2, 0.25) is 20.1 Å². The molecule has 10 nitrogen and oxygen atoms in total. The van der Waals surface area contributed by atoms with Gasteiger partial charge in [-0.2, -0.15) is 23.5 Å². The summed E-state index contributed by atoms with van der Waals surface area (Å²) in [5.74, 6) is 2.96. The maximum Gasteiger partial charge on any atom is 0.248 e. The second-order valence-corrected chi connectivity index (χ2v) is 28.0. The van der Waals surface area contributed by atoms with Crippen molar-refractivity contribution >= 4 is 123 Å². The van der Waals surface area contributed by atoms with Crippen molar-refractivity contribution in [3.8, 4) is 0 Å². The van der Waals surface area contributed by atoms with Crippen LogP contribution in [0.1, 0.15) is 71.9 Å². The maximum atomic E-state index is 13.2. The lowest BCUT2D eigenvalue weighted by molar-refractivity contribution is -0.929. The van der Waals surface area contributed by atoms with Gasteiger partial charge >= 0.3 is 0 Å². The van der Waals surface area contributed by atoms with Gasteiger partial charge in [-0.1, -0.05) is 94.9 Å². The van der Waals surface area contributed by atoms with Gasteiger partial charge in [0.25, 0.3) is 0 Å². The topological polar surface area (TPSA) is 96.5 Å². The summed E-state index contributed by atoms with van der Waals surface area (Å²) in [5.41, 5.74) is 7.97. The molecule has 6 aromatic rings. The average Bonchev–Trinajstić information content (AvgIpc) is 3.70. The number of carbonyl (C=O) groups is 3. The zero-order valence-electron chi connectivity index (χ0n) is 50.5. The van der Waals surface area contributed by atoms with E-state index in [4.69, 9.17) is 51.1 Å². The lowest BCUT2D eigenvalue weighted by Crippen LogP contribution is -2.50. The van der Waals surface area contributed by atoms with E-state index in [0.29, 0.717) is 43.4 Å². The van der Waals surface area contributed by atoms with Gasteiger partial charge in [-0.25, -0.2) is 8.78 Å². The van der Waals surface area contributed by atoms with E-state index in [1.807, 2.05) is 72.4 Å². The van der Waals surface area contributed by atoms with Crippen LogP contribution in [0.3, 0.4) is 0 Å². The molecule has 6 aromatic carbocycles. The van der Waals surface area contributed by atoms with Crippen LogP contribution in [0.15, 0.2) is 146 Å². The first kappa shape index (κ1) is 69.0. The first-order valence-electron chi connectivity index (χ1n) is 29.3. The summed E-state index contributed by atoms with van der Waals surface area (Å²) in [6.45, 7) is 4.62. The van der Waals surface area contributed by atoms with E-state index in [0.717, 1.165) is 93.7 Å². The molecule has 0 spiro atoms. The van der Waals surface area contributed by atoms with Crippen molar-refractivity contribution in [3.63, 3.8) is 0 Å². The highest BCUT2D eigenvalue weighted by Gasteiger charge is 2.32. The van der Waals surface area contributed by atoms with Gasteiger partial charge in [0.05, 0.1) is 93.7 Å². The molecule has 3 heterocycles. The van der Waals surface area contributed by atoms with E-state index >= 15 is 0 Å². The van der Waals surface area contributed by atoms with Gasteiger partial charge in [0.15, 0.2) is 0 Å². The third-order valence-corrected chi connectivity index (χ3v) is 19.6. The minimum atomic E-state index is -0.672. The second-order valence-electron chi connectivity index (χ2n) is 23.9. The smallest absolute Gasteiger partial charge is 0.248 e. The SMILES string of the molecule is C[N+](C)(Cc1ccc(NC(=O)/C=C/c2cc(F)cc(F)c2)cc1)C1CCSCC1.C[N+](C)(Cc1ccc(NC(=O)/C=C/c2ccc(Cl)c(Cl)c2)cc1)C1CCOCC1.C[N+](C)(Cc1ccc(NC(=O)/C=C/c2ccc(Cl)c(Cl)c2)cc1)C1CCSCC1. The second kappa shape index (κ2) is 33.4. The number of amides is 3. The predicted octanol–water partition coefficient (Wildman–Crippen LogP) is 16.6. The number of carbonyl (C=O) groups excluding carboxylic acids is 3. The van der Waals surface area contributed by atoms with Crippen molar-refractivity contribution in [3.05, 3.63) is 211 Å². The van der Waals surface area contributed by atoms with Crippen molar-refractivity contribution in [2.24, 2.45) is 0 Å². The Bertz CT molecular complexity index is 3160. The highest BCUT2D eigenvalue weighted by atomic mass is 35.5. The number of halogens is 6. The maximum absolute atomic E-state index is 13.2. The molecule has 0 radical (unpaired) electrons. The minimum absolute atomic E-state index is 0.181. The zero-order valence-corrected chi connectivity index (χ0v) is 55.1. The van der Waals surface area contributed by atoms with Crippen LogP contribution < -0.4 is 16.0 Å².